The topological polar surface area (TPSA) is 83.6 Å². The van der Waals surface area contributed by atoms with Crippen LogP contribution in [0.3, 0.4) is 0 Å². The van der Waals surface area contributed by atoms with Crippen molar-refractivity contribution in [3.63, 3.8) is 0 Å². The highest BCUT2D eigenvalue weighted by Gasteiger charge is 2.50. The molecule has 2 aromatic rings. The summed E-state index contributed by atoms with van der Waals surface area (Å²) in [7, 11) is -4.23. The summed E-state index contributed by atoms with van der Waals surface area (Å²) < 4.78 is 40.0. The van der Waals surface area contributed by atoms with Gasteiger partial charge in [0, 0.05) is 13.0 Å². The van der Waals surface area contributed by atoms with Crippen LogP contribution < -0.4 is 4.72 Å². The molecule has 0 saturated carbocycles. The molecule has 0 aliphatic carbocycles. The molecule has 8 heteroatoms. The van der Waals surface area contributed by atoms with Crippen LogP contribution in [0, 0.1) is 5.82 Å². The van der Waals surface area contributed by atoms with Crippen LogP contribution in [-0.4, -0.2) is 37.2 Å². The lowest BCUT2D eigenvalue weighted by atomic mass is 9.85. The Bertz CT molecular complexity index is 1050. The number of hydrogen-bond acceptors (Lipinski definition) is 4. The molecule has 152 valence electrons. The molecule has 1 N–H and O–H groups in total. The lowest BCUT2D eigenvalue weighted by Crippen LogP contribution is -2.67. The highest BCUT2D eigenvalue weighted by molar-refractivity contribution is 7.90. The van der Waals surface area contributed by atoms with E-state index in [0.717, 1.165) is 17.7 Å². The summed E-state index contributed by atoms with van der Waals surface area (Å²) >= 11 is 0. The Morgan fingerprint density at radius 3 is 2.52 bits per heavy atom. The molecule has 1 aliphatic heterocycles. The fraction of sp³-hybridized carbons (Fsp3) is 0.238. The van der Waals surface area contributed by atoms with Crippen molar-refractivity contribution in [3.8, 4) is 0 Å². The van der Waals surface area contributed by atoms with Crippen LogP contribution in [0.25, 0.3) is 6.08 Å². The van der Waals surface area contributed by atoms with Crippen molar-refractivity contribution in [2.24, 2.45) is 0 Å². The maximum Gasteiger partial charge on any atom is 0.264 e. The highest BCUT2D eigenvalue weighted by atomic mass is 32.2. The van der Waals surface area contributed by atoms with E-state index < -0.39 is 27.3 Å². The van der Waals surface area contributed by atoms with E-state index in [1.54, 1.807) is 6.08 Å². The number of halogens is 1. The van der Waals surface area contributed by atoms with Crippen LogP contribution in [0.2, 0.25) is 0 Å². The quantitative estimate of drug-likeness (QED) is 0.785. The van der Waals surface area contributed by atoms with Gasteiger partial charge in [-0.2, -0.15) is 0 Å². The van der Waals surface area contributed by atoms with Crippen LogP contribution in [0.1, 0.15) is 25.3 Å². The highest BCUT2D eigenvalue weighted by Crippen LogP contribution is 2.32. The maximum atomic E-state index is 13.3. The van der Waals surface area contributed by atoms with Gasteiger partial charge in [0.2, 0.25) is 5.91 Å². The first kappa shape index (κ1) is 20.7. The smallest absolute Gasteiger partial charge is 0.264 e. The summed E-state index contributed by atoms with van der Waals surface area (Å²) in [5.74, 6) is -1.81. The second-order valence-corrected chi connectivity index (χ2v) is 8.66. The van der Waals surface area contributed by atoms with Crippen molar-refractivity contribution in [3.05, 3.63) is 72.1 Å². The van der Waals surface area contributed by atoms with Crippen LogP contribution in [0.5, 0.6) is 0 Å². The monoisotopic (exact) mass is 416 g/mol. The van der Waals surface area contributed by atoms with E-state index in [-0.39, 0.29) is 17.2 Å². The predicted molar refractivity (Wildman–Crippen MR) is 107 cm³/mol. The molecule has 0 bridgehead atoms. The maximum absolute atomic E-state index is 13.3. The number of sulfonamides is 1. The van der Waals surface area contributed by atoms with E-state index in [0.29, 0.717) is 13.0 Å². The second-order valence-electron chi connectivity index (χ2n) is 6.98. The number of amides is 2. The largest absolute Gasteiger partial charge is 0.328 e. The van der Waals surface area contributed by atoms with E-state index in [1.165, 1.54) is 24.0 Å². The lowest BCUT2D eigenvalue weighted by molar-refractivity contribution is -0.155. The van der Waals surface area contributed by atoms with Gasteiger partial charge in [-0.1, -0.05) is 48.6 Å². The number of carbonyl (C=O) groups is 2. The summed E-state index contributed by atoms with van der Waals surface area (Å²) in [5.41, 5.74) is -0.316. The van der Waals surface area contributed by atoms with Crippen molar-refractivity contribution >= 4 is 27.9 Å². The molecule has 1 unspecified atom stereocenters. The third kappa shape index (κ3) is 4.54. The number of carbonyl (C=O) groups excluding carboxylic acids is 2. The van der Waals surface area contributed by atoms with E-state index >= 15 is 0 Å². The molecule has 0 radical (unpaired) electrons. The number of nitrogens with one attached hydrogen (secondary N) is 1. The van der Waals surface area contributed by atoms with Gasteiger partial charge in [-0.15, -0.1) is 0 Å². The third-order valence-corrected chi connectivity index (χ3v) is 6.27. The van der Waals surface area contributed by atoms with E-state index in [2.05, 4.69) is 0 Å². The fourth-order valence-electron chi connectivity index (χ4n) is 3.09. The summed E-state index contributed by atoms with van der Waals surface area (Å²) in [6, 6.07) is 13.8. The second kappa shape index (κ2) is 8.16. The Labute approximate surface area is 169 Å². The Kier molecular flexibility index (Phi) is 5.83. The van der Waals surface area contributed by atoms with Crippen molar-refractivity contribution in [2.75, 3.05) is 6.54 Å². The zero-order valence-electron chi connectivity index (χ0n) is 15.8. The number of nitrogens with zero attached hydrogens (tertiary/aromatic N) is 1. The Hall–Kier alpha value is -3.00. The van der Waals surface area contributed by atoms with Crippen LogP contribution in [0.4, 0.5) is 4.39 Å². The molecule has 1 saturated heterocycles. The van der Waals surface area contributed by atoms with Crippen molar-refractivity contribution in [1.82, 2.24) is 9.62 Å². The van der Waals surface area contributed by atoms with Gasteiger partial charge >= 0.3 is 0 Å². The molecule has 1 heterocycles. The zero-order chi connectivity index (χ0) is 21.1. The van der Waals surface area contributed by atoms with Gasteiger partial charge < -0.3 is 4.90 Å². The molecule has 2 amide bonds. The Balaban J connectivity index is 1.65. The Morgan fingerprint density at radius 2 is 1.90 bits per heavy atom. The number of likely N-dealkylation sites (tertiary alicyclic amines) is 1. The Morgan fingerprint density at radius 1 is 1.17 bits per heavy atom. The van der Waals surface area contributed by atoms with Crippen molar-refractivity contribution < 1.29 is 22.4 Å². The molecule has 29 heavy (non-hydrogen) atoms. The van der Waals surface area contributed by atoms with Gasteiger partial charge in [0.1, 0.15) is 11.4 Å². The van der Waals surface area contributed by atoms with Crippen molar-refractivity contribution in [1.29, 1.82) is 0 Å². The van der Waals surface area contributed by atoms with Crippen LogP contribution in [0.15, 0.2) is 65.6 Å². The molecule has 2 aromatic carbocycles. The van der Waals surface area contributed by atoms with Gasteiger partial charge in [-0.05, 0) is 37.1 Å². The van der Waals surface area contributed by atoms with Crippen molar-refractivity contribution in [2.45, 2.75) is 30.2 Å². The molecule has 0 aromatic heterocycles. The first-order valence-corrected chi connectivity index (χ1v) is 10.6. The fourth-order valence-corrected chi connectivity index (χ4v) is 4.20. The first-order chi connectivity index (χ1) is 13.7. The van der Waals surface area contributed by atoms with Gasteiger partial charge in [-0.3, -0.25) is 9.59 Å². The van der Waals surface area contributed by atoms with E-state index in [4.69, 9.17) is 0 Å². The van der Waals surface area contributed by atoms with Gasteiger partial charge in [0.15, 0.2) is 0 Å². The molecule has 1 fully saturated rings. The van der Waals surface area contributed by atoms with E-state index in [1.807, 2.05) is 41.1 Å². The molecule has 0 spiro atoms. The number of rotatable bonds is 6. The number of benzene rings is 2. The average molecular weight is 416 g/mol. The standard InChI is InChI=1S/C21H21FN2O4S/c1-21(20(26)23-29(27,28)18-11-6-10-17(22)15-18)13-14-24(21)19(25)12-5-9-16-7-3-2-4-8-16/h2-11,15H,12-14H2,1H3,(H,23,26)/b9-5+. The summed E-state index contributed by atoms with van der Waals surface area (Å²) in [5, 5.41) is 0. The molecular weight excluding hydrogens is 395 g/mol. The van der Waals surface area contributed by atoms with Gasteiger partial charge in [-0.25, -0.2) is 17.5 Å². The minimum atomic E-state index is -4.23. The minimum absolute atomic E-state index is 0.0917. The van der Waals surface area contributed by atoms with Crippen LogP contribution >= 0.6 is 0 Å². The molecule has 1 atom stereocenters. The van der Waals surface area contributed by atoms with Gasteiger partial charge in [0.25, 0.3) is 15.9 Å². The number of hydrogen-bond donors (Lipinski definition) is 1. The van der Waals surface area contributed by atoms with Gasteiger partial charge in [0.05, 0.1) is 4.90 Å². The molecule has 1 aliphatic rings. The third-order valence-electron chi connectivity index (χ3n) is 4.94. The van der Waals surface area contributed by atoms with E-state index in [9.17, 15) is 22.4 Å². The summed E-state index contributed by atoms with van der Waals surface area (Å²) in [6.07, 6.45) is 3.95. The zero-order valence-corrected chi connectivity index (χ0v) is 16.7. The minimum Gasteiger partial charge on any atom is -0.328 e. The average Bonchev–Trinajstić information content (AvgIpc) is 2.67. The normalized spacial score (nSPS) is 19.0. The van der Waals surface area contributed by atoms with Crippen LogP contribution in [-0.2, 0) is 19.6 Å². The SMILES string of the molecule is CC1(C(=O)NS(=O)(=O)c2cccc(F)c2)CCN1C(=O)C/C=C/c1ccccc1. The summed E-state index contributed by atoms with van der Waals surface area (Å²) in [6.45, 7) is 1.88. The first-order valence-electron chi connectivity index (χ1n) is 9.07. The molecule has 6 nitrogen and oxygen atoms in total. The molecular formula is C21H21FN2O4S. The molecule has 3 rings (SSSR count). The predicted octanol–water partition coefficient (Wildman–Crippen LogP) is 2.73. The lowest BCUT2D eigenvalue weighted by Gasteiger charge is -2.48. The summed E-state index contributed by atoms with van der Waals surface area (Å²) in [4.78, 5) is 26.2.